The van der Waals surface area contributed by atoms with E-state index < -0.39 is 0 Å². The lowest BCUT2D eigenvalue weighted by molar-refractivity contribution is -0.116. The molecule has 0 unspecified atom stereocenters. The van der Waals surface area contributed by atoms with Gasteiger partial charge in [0.05, 0.1) is 19.8 Å². The minimum Gasteiger partial charge on any atom is -0.378 e. The number of rotatable bonds is 5. The number of nitrogens with one attached hydrogen (secondary N) is 1. The average molecular weight is 339 g/mol. The molecule has 5 nitrogen and oxygen atoms in total. The van der Waals surface area contributed by atoms with Gasteiger partial charge in [-0.25, -0.2) is 0 Å². The van der Waals surface area contributed by atoms with Crippen LogP contribution in [0.3, 0.4) is 0 Å². The van der Waals surface area contributed by atoms with Gasteiger partial charge >= 0.3 is 0 Å². The number of nitrogens with zero attached hydrogens (tertiary/aromatic N) is 2. The minimum absolute atomic E-state index is 0.0869. The van der Waals surface area contributed by atoms with Gasteiger partial charge in [-0.1, -0.05) is 12.1 Å². The molecule has 1 aliphatic rings. The number of aromatic nitrogens is 1. The van der Waals surface area contributed by atoms with E-state index in [1.807, 2.05) is 44.3 Å². The molecule has 3 rings (SSSR count). The molecule has 1 fully saturated rings. The molecule has 2 heterocycles. The van der Waals surface area contributed by atoms with Crippen LogP contribution in [-0.4, -0.2) is 36.8 Å². The molecule has 0 aliphatic carbocycles. The van der Waals surface area contributed by atoms with Gasteiger partial charge in [-0.05, 0) is 42.8 Å². The molecule has 0 saturated carbocycles. The second-order valence-corrected chi connectivity index (χ2v) is 6.27. The molecule has 0 bridgehead atoms. The van der Waals surface area contributed by atoms with Crippen LogP contribution >= 0.6 is 0 Å². The maximum absolute atomic E-state index is 12.0. The fourth-order valence-electron chi connectivity index (χ4n) is 2.87. The number of anilines is 1. The molecule has 1 aliphatic heterocycles. The molecule has 1 aromatic heterocycles. The van der Waals surface area contributed by atoms with Crippen LogP contribution < -0.4 is 10.2 Å². The summed E-state index contributed by atoms with van der Waals surface area (Å²) < 4.78 is 7.45. The highest BCUT2D eigenvalue weighted by Crippen LogP contribution is 2.17. The minimum atomic E-state index is -0.0869. The Labute approximate surface area is 148 Å². The monoisotopic (exact) mass is 339 g/mol. The van der Waals surface area contributed by atoms with Gasteiger partial charge in [0.2, 0.25) is 5.91 Å². The molecule has 132 valence electrons. The zero-order valence-corrected chi connectivity index (χ0v) is 14.9. The van der Waals surface area contributed by atoms with E-state index in [2.05, 4.69) is 26.9 Å². The Balaban J connectivity index is 1.52. The first kappa shape index (κ1) is 17.3. The lowest BCUT2D eigenvalue weighted by Crippen LogP contribution is -2.36. The van der Waals surface area contributed by atoms with Gasteiger partial charge < -0.3 is 19.5 Å². The molecule has 0 radical (unpaired) electrons. The molecule has 1 saturated heterocycles. The summed E-state index contributed by atoms with van der Waals surface area (Å²) in [6.07, 6.45) is 3.42. The van der Waals surface area contributed by atoms with Crippen LogP contribution in [0.1, 0.15) is 17.0 Å². The second-order valence-electron chi connectivity index (χ2n) is 6.27. The Morgan fingerprint density at radius 2 is 1.88 bits per heavy atom. The molecular weight excluding hydrogens is 314 g/mol. The van der Waals surface area contributed by atoms with Crippen molar-refractivity contribution in [2.75, 3.05) is 31.2 Å². The Hall–Kier alpha value is -2.53. The fraction of sp³-hybridized carbons (Fsp3) is 0.350. The average Bonchev–Trinajstić information content (AvgIpc) is 2.98. The highest BCUT2D eigenvalue weighted by atomic mass is 16.5. The summed E-state index contributed by atoms with van der Waals surface area (Å²) in [7, 11) is 2.00. The van der Waals surface area contributed by atoms with Crippen LogP contribution in [0.5, 0.6) is 0 Å². The van der Waals surface area contributed by atoms with Gasteiger partial charge in [-0.2, -0.15) is 0 Å². The van der Waals surface area contributed by atoms with E-state index in [4.69, 9.17) is 4.74 Å². The number of ether oxygens (including phenoxy) is 1. The quantitative estimate of drug-likeness (QED) is 0.852. The van der Waals surface area contributed by atoms with Crippen molar-refractivity contribution in [2.24, 2.45) is 7.05 Å². The van der Waals surface area contributed by atoms with Crippen molar-refractivity contribution >= 4 is 17.7 Å². The van der Waals surface area contributed by atoms with Crippen LogP contribution in [0.25, 0.3) is 6.08 Å². The van der Waals surface area contributed by atoms with Crippen molar-refractivity contribution in [1.82, 2.24) is 9.88 Å². The number of carbonyl (C=O) groups is 1. The molecule has 2 aromatic rings. The Morgan fingerprint density at radius 1 is 1.16 bits per heavy atom. The van der Waals surface area contributed by atoms with E-state index in [9.17, 15) is 4.79 Å². The van der Waals surface area contributed by atoms with Gasteiger partial charge in [0.25, 0.3) is 0 Å². The molecule has 1 aromatic carbocycles. The fourth-order valence-corrected chi connectivity index (χ4v) is 2.87. The van der Waals surface area contributed by atoms with Gasteiger partial charge in [-0.15, -0.1) is 0 Å². The highest BCUT2D eigenvalue weighted by Gasteiger charge is 2.10. The van der Waals surface area contributed by atoms with Crippen LogP contribution in [-0.2, 0) is 23.1 Å². The number of benzene rings is 1. The predicted octanol–water partition coefficient (Wildman–Crippen LogP) is 2.50. The van der Waals surface area contributed by atoms with Crippen molar-refractivity contribution in [3.63, 3.8) is 0 Å². The summed E-state index contributed by atoms with van der Waals surface area (Å²) in [5, 5.41) is 2.92. The maximum atomic E-state index is 12.0. The van der Waals surface area contributed by atoms with Crippen molar-refractivity contribution in [2.45, 2.75) is 13.5 Å². The Bertz CT molecular complexity index is 741. The van der Waals surface area contributed by atoms with E-state index in [0.29, 0.717) is 6.54 Å². The zero-order chi connectivity index (χ0) is 17.6. The summed E-state index contributed by atoms with van der Waals surface area (Å²) in [5.74, 6) is -0.0869. The van der Waals surface area contributed by atoms with Crippen molar-refractivity contribution in [1.29, 1.82) is 0 Å². The van der Waals surface area contributed by atoms with E-state index in [0.717, 1.165) is 37.6 Å². The van der Waals surface area contributed by atoms with E-state index in [1.165, 1.54) is 11.4 Å². The Kier molecular flexibility index (Phi) is 5.56. The molecule has 1 N–H and O–H groups in total. The van der Waals surface area contributed by atoms with E-state index in [1.54, 1.807) is 6.08 Å². The number of aryl methyl sites for hydroxylation is 1. The van der Waals surface area contributed by atoms with Crippen LogP contribution in [0, 0.1) is 6.92 Å². The standard InChI is InChI=1S/C20H25N3O2/c1-16-3-7-19(22(16)2)15-21-20(24)10-6-17-4-8-18(9-5-17)23-11-13-25-14-12-23/h3-10H,11-15H2,1-2H3,(H,21,24). The van der Waals surface area contributed by atoms with E-state index in [-0.39, 0.29) is 5.91 Å². The van der Waals surface area contributed by atoms with Gasteiger partial charge in [0, 0.05) is 43.3 Å². The number of morpholine rings is 1. The number of hydrogen-bond donors (Lipinski definition) is 1. The first-order valence-corrected chi connectivity index (χ1v) is 8.63. The van der Waals surface area contributed by atoms with Crippen LogP contribution in [0.4, 0.5) is 5.69 Å². The SMILES string of the molecule is Cc1ccc(CNC(=O)C=Cc2ccc(N3CCOCC3)cc2)n1C. The summed E-state index contributed by atoms with van der Waals surface area (Å²) in [6.45, 7) is 5.99. The van der Waals surface area contributed by atoms with Crippen LogP contribution in [0.15, 0.2) is 42.5 Å². The van der Waals surface area contributed by atoms with Crippen LogP contribution in [0.2, 0.25) is 0 Å². The predicted molar refractivity (Wildman–Crippen MR) is 101 cm³/mol. The van der Waals surface area contributed by atoms with Crippen molar-refractivity contribution in [3.05, 3.63) is 59.4 Å². The van der Waals surface area contributed by atoms with Gasteiger partial charge in [0.15, 0.2) is 0 Å². The number of hydrogen-bond acceptors (Lipinski definition) is 3. The summed E-state index contributed by atoms with van der Waals surface area (Å²) in [4.78, 5) is 14.3. The largest absolute Gasteiger partial charge is 0.378 e. The molecule has 5 heteroatoms. The summed E-state index contributed by atoms with van der Waals surface area (Å²) in [6, 6.07) is 12.3. The third-order valence-corrected chi connectivity index (χ3v) is 4.62. The van der Waals surface area contributed by atoms with Gasteiger partial charge in [-0.3, -0.25) is 4.79 Å². The third kappa shape index (κ3) is 4.51. The Morgan fingerprint density at radius 3 is 2.52 bits per heavy atom. The topological polar surface area (TPSA) is 46.5 Å². The molecule has 0 atom stereocenters. The smallest absolute Gasteiger partial charge is 0.244 e. The van der Waals surface area contributed by atoms with E-state index >= 15 is 0 Å². The van der Waals surface area contributed by atoms with Gasteiger partial charge in [0.1, 0.15) is 0 Å². The normalized spacial score (nSPS) is 14.9. The third-order valence-electron chi connectivity index (χ3n) is 4.62. The number of amides is 1. The molecular formula is C20H25N3O2. The highest BCUT2D eigenvalue weighted by molar-refractivity contribution is 5.91. The van der Waals surface area contributed by atoms with Crippen molar-refractivity contribution in [3.8, 4) is 0 Å². The molecule has 1 amide bonds. The first-order chi connectivity index (χ1) is 12.1. The molecule has 25 heavy (non-hydrogen) atoms. The maximum Gasteiger partial charge on any atom is 0.244 e. The lowest BCUT2D eigenvalue weighted by atomic mass is 10.1. The number of carbonyl (C=O) groups excluding carboxylic acids is 1. The second kappa shape index (κ2) is 8.03. The summed E-state index contributed by atoms with van der Waals surface area (Å²) >= 11 is 0. The first-order valence-electron chi connectivity index (χ1n) is 8.63. The van der Waals surface area contributed by atoms with Crippen molar-refractivity contribution < 1.29 is 9.53 Å². The summed E-state index contributed by atoms with van der Waals surface area (Å²) in [5.41, 5.74) is 4.49. The molecule has 0 spiro atoms. The zero-order valence-electron chi connectivity index (χ0n) is 14.9. The lowest BCUT2D eigenvalue weighted by Gasteiger charge is -2.28.